The Morgan fingerprint density at radius 2 is 2.20 bits per heavy atom. The van der Waals surface area contributed by atoms with E-state index in [1.54, 1.807) is 0 Å². The molecule has 0 aromatic carbocycles. The highest BCUT2D eigenvalue weighted by Gasteiger charge is 2.39. The molecule has 86 valence electrons. The van der Waals surface area contributed by atoms with Gasteiger partial charge in [-0.2, -0.15) is 0 Å². The molecule has 1 aliphatic rings. The Hall–Kier alpha value is -0.940. The van der Waals surface area contributed by atoms with E-state index in [2.05, 4.69) is 0 Å². The van der Waals surface area contributed by atoms with Crippen molar-refractivity contribution in [3.05, 3.63) is 0 Å². The Kier molecular flexibility index (Phi) is 3.82. The molecule has 1 atom stereocenters. The summed E-state index contributed by atoms with van der Waals surface area (Å²) in [4.78, 5) is 24.4. The van der Waals surface area contributed by atoms with Crippen molar-refractivity contribution in [2.45, 2.75) is 13.3 Å². The molecule has 1 unspecified atom stereocenters. The molecule has 0 aliphatic carbocycles. The number of hydrogen-bond donors (Lipinski definition) is 1. The number of primary amides is 1. The van der Waals surface area contributed by atoms with E-state index in [0.717, 1.165) is 13.0 Å². The number of amides is 1. The van der Waals surface area contributed by atoms with Crippen LogP contribution >= 0.6 is 0 Å². The van der Waals surface area contributed by atoms with Crippen LogP contribution in [-0.2, 0) is 14.3 Å². The van der Waals surface area contributed by atoms with E-state index in [-0.39, 0.29) is 18.3 Å². The lowest BCUT2D eigenvalue weighted by Crippen LogP contribution is -2.38. The van der Waals surface area contributed by atoms with Crippen molar-refractivity contribution >= 4 is 11.7 Å². The third kappa shape index (κ3) is 3.00. The summed E-state index contributed by atoms with van der Waals surface area (Å²) in [7, 11) is 1.50. The summed E-state index contributed by atoms with van der Waals surface area (Å²) in [5.41, 5.74) is 4.83. The van der Waals surface area contributed by atoms with Gasteiger partial charge in [-0.3, -0.25) is 14.5 Å². The van der Waals surface area contributed by atoms with Crippen molar-refractivity contribution in [3.63, 3.8) is 0 Å². The molecule has 0 bridgehead atoms. The second-order valence-electron chi connectivity index (χ2n) is 4.36. The first kappa shape index (κ1) is 12.1. The predicted molar refractivity (Wildman–Crippen MR) is 55.2 cm³/mol. The van der Waals surface area contributed by atoms with Crippen LogP contribution in [0.3, 0.4) is 0 Å². The zero-order valence-electron chi connectivity index (χ0n) is 9.28. The molecule has 0 radical (unpaired) electrons. The molecule has 0 aromatic rings. The molecular formula is C10H18N2O3. The van der Waals surface area contributed by atoms with E-state index in [1.165, 1.54) is 7.11 Å². The number of hydrogen-bond acceptors (Lipinski definition) is 4. The van der Waals surface area contributed by atoms with Crippen LogP contribution in [0.15, 0.2) is 0 Å². The first-order valence-corrected chi connectivity index (χ1v) is 5.01. The van der Waals surface area contributed by atoms with E-state index in [9.17, 15) is 9.59 Å². The molecule has 1 aliphatic heterocycles. The summed E-state index contributed by atoms with van der Waals surface area (Å²) in [6, 6.07) is 0. The Morgan fingerprint density at radius 3 is 2.67 bits per heavy atom. The van der Waals surface area contributed by atoms with Crippen LogP contribution in [0.5, 0.6) is 0 Å². The van der Waals surface area contributed by atoms with Gasteiger partial charge in [0, 0.05) is 13.7 Å². The van der Waals surface area contributed by atoms with Crippen molar-refractivity contribution in [3.8, 4) is 0 Å². The minimum absolute atomic E-state index is 0.0335. The predicted octanol–water partition coefficient (Wildman–Crippen LogP) is -0.601. The lowest BCUT2D eigenvalue weighted by molar-refractivity contribution is -0.127. The van der Waals surface area contributed by atoms with Crippen molar-refractivity contribution in [1.82, 2.24) is 4.90 Å². The summed E-state index contributed by atoms with van der Waals surface area (Å²) >= 11 is 0. The van der Waals surface area contributed by atoms with Gasteiger partial charge < -0.3 is 10.5 Å². The molecule has 15 heavy (non-hydrogen) atoms. The Morgan fingerprint density at radius 1 is 1.53 bits per heavy atom. The van der Waals surface area contributed by atoms with Gasteiger partial charge in [-0.25, -0.2) is 0 Å². The monoisotopic (exact) mass is 214 g/mol. The maximum atomic E-state index is 11.3. The summed E-state index contributed by atoms with van der Waals surface area (Å²) in [5.74, 6) is -0.254. The molecule has 0 spiro atoms. The number of Topliss-reactive ketones (excluding diaryl/α,β-unsaturated/α-hetero) is 1. The largest absolute Gasteiger partial charge is 0.377 e. The lowest BCUT2D eigenvalue weighted by atomic mass is 9.89. The Bertz CT molecular complexity index is 267. The van der Waals surface area contributed by atoms with Crippen LogP contribution in [0.4, 0.5) is 0 Å². The van der Waals surface area contributed by atoms with Gasteiger partial charge in [0.15, 0.2) is 5.78 Å². The maximum absolute atomic E-state index is 11.3. The van der Waals surface area contributed by atoms with E-state index in [4.69, 9.17) is 10.5 Å². The van der Waals surface area contributed by atoms with Gasteiger partial charge in [0.1, 0.15) is 6.61 Å². The van der Waals surface area contributed by atoms with Crippen molar-refractivity contribution in [1.29, 1.82) is 0 Å². The van der Waals surface area contributed by atoms with E-state index < -0.39 is 5.41 Å². The standard InChI is InChI=1S/C10H18N2O3/c1-10(9(11)14)3-4-12(7-10)5-8(13)6-15-2/h3-7H2,1-2H3,(H2,11,14). The molecule has 1 heterocycles. The fourth-order valence-electron chi connectivity index (χ4n) is 1.85. The van der Waals surface area contributed by atoms with Crippen LogP contribution in [-0.4, -0.2) is 49.9 Å². The van der Waals surface area contributed by atoms with Crippen molar-refractivity contribution < 1.29 is 14.3 Å². The third-order valence-corrected chi connectivity index (χ3v) is 2.85. The maximum Gasteiger partial charge on any atom is 0.224 e. The molecule has 1 rings (SSSR count). The molecule has 0 saturated carbocycles. The van der Waals surface area contributed by atoms with Crippen molar-refractivity contribution in [2.24, 2.45) is 11.1 Å². The van der Waals surface area contributed by atoms with E-state index >= 15 is 0 Å². The summed E-state index contributed by atoms with van der Waals surface area (Å²) in [6.45, 7) is 3.63. The number of methoxy groups -OCH3 is 1. The molecule has 1 fully saturated rings. The number of ketones is 1. The smallest absolute Gasteiger partial charge is 0.224 e. The number of ether oxygens (including phenoxy) is 1. The first-order valence-electron chi connectivity index (χ1n) is 5.01. The van der Waals surface area contributed by atoms with Gasteiger partial charge in [-0.05, 0) is 19.9 Å². The zero-order valence-corrected chi connectivity index (χ0v) is 9.28. The average molecular weight is 214 g/mol. The van der Waals surface area contributed by atoms with Gasteiger partial charge >= 0.3 is 0 Å². The lowest BCUT2D eigenvalue weighted by Gasteiger charge is -2.20. The summed E-state index contributed by atoms with van der Waals surface area (Å²) in [6.07, 6.45) is 0.725. The normalized spacial score (nSPS) is 26.8. The highest BCUT2D eigenvalue weighted by atomic mass is 16.5. The van der Waals surface area contributed by atoms with Gasteiger partial charge in [0.05, 0.1) is 12.0 Å². The number of nitrogens with two attached hydrogens (primary N) is 1. The third-order valence-electron chi connectivity index (χ3n) is 2.85. The van der Waals surface area contributed by atoms with Crippen LogP contribution in [0, 0.1) is 5.41 Å². The molecule has 0 aromatic heterocycles. The molecule has 1 saturated heterocycles. The Balaban J connectivity index is 2.43. The number of rotatable bonds is 5. The zero-order chi connectivity index (χ0) is 11.5. The average Bonchev–Trinajstić information content (AvgIpc) is 2.49. The fourth-order valence-corrected chi connectivity index (χ4v) is 1.85. The topological polar surface area (TPSA) is 72.6 Å². The van der Waals surface area contributed by atoms with Gasteiger partial charge in [-0.15, -0.1) is 0 Å². The van der Waals surface area contributed by atoms with Crippen LogP contribution in [0.2, 0.25) is 0 Å². The van der Waals surface area contributed by atoms with Crippen molar-refractivity contribution in [2.75, 3.05) is 33.4 Å². The fraction of sp³-hybridized carbons (Fsp3) is 0.800. The first-order chi connectivity index (χ1) is 6.98. The van der Waals surface area contributed by atoms with E-state index in [0.29, 0.717) is 13.1 Å². The molecule has 1 amide bonds. The molecule has 5 nitrogen and oxygen atoms in total. The Labute approximate surface area is 89.6 Å². The number of nitrogens with zero attached hydrogens (tertiary/aromatic N) is 1. The van der Waals surface area contributed by atoms with Crippen LogP contribution in [0.1, 0.15) is 13.3 Å². The SMILES string of the molecule is COCC(=O)CN1CCC(C)(C(N)=O)C1. The second-order valence-corrected chi connectivity index (χ2v) is 4.36. The van der Waals surface area contributed by atoms with Crippen LogP contribution in [0.25, 0.3) is 0 Å². The van der Waals surface area contributed by atoms with Gasteiger partial charge in [0.2, 0.25) is 5.91 Å². The molecule has 5 heteroatoms. The van der Waals surface area contributed by atoms with Gasteiger partial charge in [-0.1, -0.05) is 0 Å². The highest BCUT2D eigenvalue weighted by molar-refractivity contribution is 5.83. The summed E-state index contributed by atoms with van der Waals surface area (Å²) in [5, 5.41) is 0. The quantitative estimate of drug-likeness (QED) is 0.663. The minimum Gasteiger partial charge on any atom is -0.377 e. The number of likely N-dealkylation sites (tertiary alicyclic amines) is 1. The number of carbonyl (C=O) groups excluding carboxylic acids is 2. The van der Waals surface area contributed by atoms with Crippen LogP contribution < -0.4 is 5.73 Å². The van der Waals surface area contributed by atoms with Gasteiger partial charge in [0.25, 0.3) is 0 Å². The molecular weight excluding hydrogens is 196 g/mol. The highest BCUT2D eigenvalue weighted by Crippen LogP contribution is 2.28. The second kappa shape index (κ2) is 4.72. The minimum atomic E-state index is -0.479. The number of carbonyl (C=O) groups is 2. The molecule has 2 N–H and O–H groups in total. The summed E-state index contributed by atoms with van der Waals surface area (Å²) < 4.78 is 4.75. The van der Waals surface area contributed by atoms with E-state index in [1.807, 2.05) is 11.8 Å².